The van der Waals surface area contributed by atoms with E-state index < -0.39 is 0 Å². The van der Waals surface area contributed by atoms with Gasteiger partial charge in [0, 0.05) is 26.0 Å². The Labute approximate surface area is 237 Å². The Balaban J connectivity index is 1.69. The van der Waals surface area contributed by atoms with E-state index in [4.69, 9.17) is 49.3 Å². The Morgan fingerprint density at radius 3 is 2.59 bits per heavy atom. The molecule has 1 heterocycles. The van der Waals surface area contributed by atoms with Crippen LogP contribution in [0.5, 0.6) is 11.5 Å². The van der Waals surface area contributed by atoms with E-state index in [0.29, 0.717) is 48.9 Å². The Morgan fingerprint density at radius 2 is 1.89 bits per heavy atom. The van der Waals surface area contributed by atoms with E-state index in [1.807, 2.05) is 26.0 Å². The third-order valence-electron chi connectivity index (χ3n) is 5.85. The SMILES string of the molecule is CC[C@@H](C)c1nc2ccc(Br)cc2c(=O)n1N=Cc1cc(Cl)c(OCc2ccc(Cl)cc2Cl)c(OC)c1. The first-order valence-corrected chi connectivity index (χ1v) is 13.3. The van der Waals surface area contributed by atoms with Gasteiger partial charge < -0.3 is 9.47 Å². The zero-order chi connectivity index (χ0) is 26.7. The van der Waals surface area contributed by atoms with Crippen LogP contribution < -0.4 is 15.0 Å². The maximum atomic E-state index is 13.4. The standard InChI is InChI=1S/C27H23BrCl3N3O3/c1-4-15(2)26-33-23-8-6-18(28)11-20(23)27(35)34(26)32-13-16-9-22(31)25(24(10-16)36-3)37-14-17-5-7-19(29)12-21(17)30/h5-13,15H,4,14H2,1-3H3/t15-/m1/s1. The lowest BCUT2D eigenvalue weighted by molar-refractivity contribution is 0.285. The molecule has 6 nitrogen and oxygen atoms in total. The van der Waals surface area contributed by atoms with Crippen LogP contribution in [0.4, 0.5) is 0 Å². The number of hydrogen-bond donors (Lipinski definition) is 0. The van der Waals surface area contributed by atoms with Crippen LogP contribution in [-0.2, 0) is 6.61 Å². The summed E-state index contributed by atoms with van der Waals surface area (Å²) >= 11 is 22.2. The Kier molecular flexibility index (Phi) is 8.80. The van der Waals surface area contributed by atoms with Gasteiger partial charge in [-0.3, -0.25) is 4.79 Å². The van der Waals surface area contributed by atoms with Crippen molar-refractivity contribution in [3.8, 4) is 11.5 Å². The molecule has 1 aromatic heterocycles. The highest BCUT2D eigenvalue weighted by Gasteiger charge is 2.17. The van der Waals surface area contributed by atoms with Gasteiger partial charge in [-0.25, -0.2) is 4.98 Å². The van der Waals surface area contributed by atoms with Crippen molar-refractivity contribution in [2.75, 3.05) is 7.11 Å². The average molecular weight is 624 g/mol. The van der Waals surface area contributed by atoms with E-state index in [2.05, 4.69) is 21.0 Å². The van der Waals surface area contributed by atoms with E-state index in [9.17, 15) is 4.79 Å². The molecule has 0 spiro atoms. The van der Waals surface area contributed by atoms with Gasteiger partial charge in [-0.2, -0.15) is 9.78 Å². The van der Waals surface area contributed by atoms with Crippen molar-refractivity contribution < 1.29 is 9.47 Å². The highest BCUT2D eigenvalue weighted by molar-refractivity contribution is 9.10. The molecule has 0 unspecified atom stereocenters. The van der Waals surface area contributed by atoms with E-state index in [1.165, 1.54) is 11.8 Å². The molecule has 4 rings (SSSR count). The van der Waals surface area contributed by atoms with Gasteiger partial charge in [-0.1, -0.05) is 70.6 Å². The van der Waals surface area contributed by atoms with Crippen LogP contribution in [-0.4, -0.2) is 23.0 Å². The molecule has 4 aromatic rings. The van der Waals surface area contributed by atoms with Crippen molar-refractivity contribution in [2.45, 2.75) is 32.8 Å². The van der Waals surface area contributed by atoms with Gasteiger partial charge in [0.2, 0.25) is 0 Å². The van der Waals surface area contributed by atoms with Crippen LogP contribution >= 0.6 is 50.7 Å². The lowest BCUT2D eigenvalue weighted by Gasteiger charge is -2.15. The molecule has 0 aliphatic heterocycles. The molecule has 37 heavy (non-hydrogen) atoms. The third kappa shape index (κ3) is 6.12. The number of fused-ring (bicyclic) bond motifs is 1. The summed E-state index contributed by atoms with van der Waals surface area (Å²) in [6.45, 7) is 4.22. The molecular weight excluding hydrogens is 601 g/mol. The molecule has 3 aromatic carbocycles. The lowest BCUT2D eigenvalue weighted by Crippen LogP contribution is -2.23. The van der Waals surface area contributed by atoms with Crippen molar-refractivity contribution in [1.82, 2.24) is 9.66 Å². The minimum absolute atomic E-state index is 0.0199. The summed E-state index contributed by atoms with van der Waals surface area (Å²) < 4.78 is 13.6. The van der Waals surface area contributed by atoms with Crippen LogP contribution in [0.1, 0.15) is 43.1 Å². The lowest BCUT2D eigenvalue weighted by atomic mass is 10.1. The molecule has 10 heteroatoms. The molecule has 0 bridgehead atoms. The van der Waals surface area contributed by atoms with E-state index in [1.54, 1.807) is 42.6 Å². The van der Waals surface area contributed by atoms with Gasteiger partial charge in [-0.05, 0) is 54.4 Å². The molecule has 192 valence electrons. The predicted octanol–water partition coefficient (Wildman–Crippen LogP) is 8.10. The minimum atomic E-state index is -0.254. The first kappa shape index (κ1) is 27.5. The van der Waals surface area contributed by atoms with Gasteiger partial charge >= 0.3 is 0 Å². The van der Waals surface area contributed by atoms with Gasteiger partial charge in [-0.15, -0.1) is 0 Å². The Bertz CT molecular complexity index is 1560. The second kappa shape index (κ2) is 11.9. The first-order valence-electron chi connectivity index (χ1n) is 11.4. The topological polar surface area (TPSA) is 65.7 Å². The van der Waals surface area contributed by atoms with Crippen molar-refractivity contribution in [3.63, 3.8) is 0 Å². The number of ether oxygens (including phenoxy) is 2. The maximum absolute atomic E-state index is 13.4. The van der Waals surface area contributed by atoms with Gasteiger partial charge in [0.1, 0.15) is 12.4 Å². The van der Waals surface area contributed by atoms with E-state index in [0.717, 1.165) is 16.5 Å². The summed E-state index contributed by atoms with van der Waals surface area (Å²) in [7, 11) is 1.52. The number of halogens is 4. The molecule has 0 N–H and O–H groups in total. The highest BCUT2D eigenvalue weighted by Crippen LogP contribution is 2.37. The van der Waals surface area contributed by atoms with E-state index in [-0.39, 0.29) is 18.1 Å². The molecule has 0 saturated heterocycles. The maximum Gasteiger partial charge on any atom is 0.282 e. The molecule has 0 amide bonds. The van der Waals surface area contributed by atoms with Gasteiger partial charge in [0.05, 0.1) is 29.2 Å². The summed E-state index contributed by atoms with van der Waals surface area (Å²) in [5.41, 5.74) is 1.75. The summed E-state index contributed by atoms with van der Waals surface area (Å²) in [6.07, 6.45) is 2.35. The molecular formula is C27H23BrCl3N3O3. The second-order valence-electron chi connectivity index (χ2n) is 8.36. The molecule has 0 radical (unpaired) electrons. The van der Waals surface area contributed by atoms with Crippen LogP contribution in [0.15, 0.2) is 62.9 Å². The number of methoxy groups -OCH3 is 1. The highest BCUT2D eigenvalue weighted by atomic mass is 79.9. The van der Waals surface area contributed by atoms with Crippen molar-refractivity contribution in [1.29, 1.82) is 0 Å². The second-order valence-corrected chi connectivity index (χ2v) is 10.5. The zero-order valence-corrected chi connectivity index (χ0v) is 24.1. The van der Waals surface area contributed by atoms with Gasteiger partial charge in [0.15, 0.2) is 11.5 Å². The average Bonchev–Trinajstić information content (AvgIpc) is 2.87. The Morgan fingerprint density at radius 1 is 1.11 bits per heavy atom. The fourth-order valence-corrected chi connectivity index (χ4v) is 4.74. The summed E-state index contributed by atoms with van der Waals surface area (Å²) in [4.78, 5) is 18.1. The number of benzene rings is 3. The molecule has 0 aliphatic carbocycles. The van der Waals surface area contributed by atoms with Crippen LogP contribution in [0.2, 0.25) is 15.1 Å². The van der Waals surface area contributed by atoms with E-state index >= 15 is 0 Å². The molecule has 0 fully saturated rings. The Hall–Kier alpha value is -2.58. The summed E-state index contributed by atoms with van der Waals surface area (Å²) in [5.74, 6) is 1.37. The van der Waals surface area contributed by atoms with Crippen LogP contribution in [0, 0.1) is 0 Å². The first-order chi connectivity index (χ1) is 17.7. The summed E-state index contributed by atoms with van der Waals surface area (Å²) in [5, 5.41) is 6.32. The molecule has 1 atom stereocenters. The van der Waals surface area contributed by atoms with Crippen LogP contribution in [0.3, 0.4) is 0 Å². The minimum Gasteiger partial charge on any atom is -0.493 e. The molecule has 0 aliphatic rings. The summed E-state index contributed by atoms with van der Waals surface area (Å²) in [6, 6.07) is 14.0. The molecule has 0 saturated carbocycles. The number of aromatic nitrogens is 2. The van der Waals surface area contributed by atoms with Crippen molar-refractivity contribution in [3.05, 3.63) is 95.4 Å². The van der Waals surface area contributed by atoms with Crippen molar-refractivity contribution >= 4 is 67.9 Å². The number of rotatable bonds is 8. The predicted molar refractivity (Wildman–Crippen MR) is 154 cm³/mol. The van der Waals surface area contributed by atoms with Gasteiger partial charge in [0.25, 0.3) is 5.56 Å². The van der Waals surface area contributed by atoms with Crippen molar-refractivity contribution in [2.24, 2.45) is 5.10 Å². The number of hydrogen-bond acceptors (Lipinski definition) is 5. The number of nitrogens with zero attached hydrogens (tertiary/aromatic N) is 3. The third-order valence-corrected chi connectivity index (χ3v) is 7.21. The fraction of sp³-hybridized carbons (Fsp3) is 0.222. The van der Waals surface area contributed by atoms with Crippen LogP contribution in [0.25, 0.3) is 10.9 Å². The zero-order valence-electron chi connectivity index (χ0n) is 20.3. The largest absolute Gasteiger partial charge is 0.493 e. The fourth-order valence-electron chi connectivity index (χ4n) is 3.65. The monoisotopic (exact) mass is 621 g/mol. The normalized spacial score (nSPS) is 12.3. The quantitative estimate of drug-likeness (QED) is 0.186. The smallest absolute Gasteiger partial charge is 0.282 e.